The Bertz CT molecular complexity index is 673. The van der Waals surface area contributed by atoms with E-state index in [0.717, 1.165) is 54.3 Å². The summed E-state index contributed by atoms with van der Waals surface area (Å²) in [7, 11) is 1.79. The highest BCUT2D eigenvalue weighted by molar-refractivity contribution is 14.0. The number of aliphatic imine (C=N–C) groups is 1. The molecule has 2 N–H and O–H groups in total. The molecule has 2 aromatic rings. The number of aromatic nitrogens is 1. The molecule has 7 heteroatoms. The van der Waals surface area contributed by atoms with Crippen molar-refractivity contribution in [3.05, 3.63) is 40.7 Å². The van der Waals surface area contributed by atoms with Gasteiger partial charge in [-0.15, -0.1) is 35.3 Å². The van der Waals surface area contributed by atoms with Gasteiger partial charge in [0, 0.05) is 37.7 Å². The van der Waals surface area contributed by atoms with E-state index in [2.05, 4.69) is 38.1 Å². The maximum absolute atomic E-state index is 5.64. The van der Waals surface area contributed by atoms with Crippen LogP contribution in [-0.4, -0.2) is 37.7 Å². The summed E-state index contributed by atoms with van der Waals surface area (Å²) in [6.07, 6.45) is 3.68. The van der Waals surface area contributed by atoms with Gasteiger partial charge in [-0.3, -0.25) is 4.99 Å². The summed E-state index contributed by atoms with van der Waals surface area (Å²) in [5.41, 5.74) is 2.18. The lowest BCUT2D eigenvalue weighted by molar-refractivity contribution is 0.123. The van der Waals surface area contributed by atoms with E-state index < -0.39 is 0 Å². The second kappa shape index (κ2) is 11.5. The number of halogens is 1. The van der Waals surface area contributed by atoms with Crippen molar-refractivity contribution in [1.29, 1.82) is 0 Å². The van der Waals surface area contributed by atoms with Crippen LogP contribution in [0, 0.1) is 5.92 Å². The topological polar surface area (TPSA) is 58.5 Å². The average molecular weight is 486 g/mol. The number of nitrogens with zero attached hydrogens (tertiary/aromatic N) is 2. The lowest BCUT2D eigenvalue weighted by Crippen LogP contribution is -2.37. The zero-order valence-electron chi connectivity index (χ0n) is 15.1. The van der Waals surface area contributed by atoms with E-state index in [-0.39, 0.29) is 24.0 Å². The fourth-order valence-corrected chi connectivity index (χ4v) is 3.17. The number of nitrogens with one attached hydrogen (secondary N) is 2. The van der Waals surface area contributed by atoms with E-state index >= 15 is 0 Å². The maximum Gasteiger partial charge on any atom is 0.191 e. The fraction of sp³-hybridized carbons (Fsp3) is 0.474. The first-order valence-corrected chi connectivity index (χ1v) is 9.75. The summed E-state index contributed by atoms with van der Waals surface area (Å²) in [6, 6.07) is 10.3. The minimum absolute atomic E-state index is 0. The zero-order valence-corrected chi connectivity index (χ0v) is 18.3. The SMILES string of the molecule is CN=C(NCCCOCC1CC1)NCc1nc(-c2ccccc2)cs1.I. The molecule has 0 bridgehead atoms. The lowest BCUT2D eigenvalue weighted by Gasteiger charge is -2.11. The molecule has 0 radical (unpaired) electrons. The number of guanidine groups is 1. The van der Waals surface area contributed by atoms with Crippen molar-refractivity contribution in [3.8, 4) is 11.3 Å². The molecule has 1 aromatic heterocycles. The molecule has 0 amide bonds. The van der Waals surface area contributed by atoms with Crippen LogP contribution in [0.25, 0.3) is 11.3 Å². The Morgan fingerprint density at radius 1 is 1.27 bits per heavy atom. The molecule has 26 heavy (non-hydrogen) atoms. The largest absolute Gasteiger partial charge is 0.381 e. The van der Waals surface area contributed by atoms with Crippen molar-refractivity contribution in [2.75, 3.05) is 26.8 Å². The van der Waals surface area contributed by atoms with E-state index in [0.29, 0.717) is 6.54 Å². The molecule has 0 unspecified atom stereocenters. The molecule has 0 saturated heterocycles. The van der Waals surface area contributed by atoms with E-state index in [1.54, 1.807) is 18.4 Å². The smallest absolute Gasteiger partial charge is 0.191 e. The summed E-state index contributed by atoms with van der Waals surface area (Å²) < 4.78 is 5.64. The quantitative estimate of drug-likeness (QED) is 0.244. The van der Waals surface area contributed by atoms with Gasteiger partial charge in [-0.2, -0.15) is 0 Å². The Kier molecular flexibility index (Phi) is 9.35. The molecule has 1 aliphatic carbocycles. The van der Waals surface area contributed by atoms with E-state index in [1.165, 1.54) is 12.8 Å². The van der Waals surface area contributed by atoms with Crippen LogP contribution in [-0.2, 0) is 11.3 Å². The normalized spacial score (nSPS) is 14.0. The third kappa shape index (κ3) is 7.20. The molecule has 5 nitrogen and oxygen atoms in total. The molecule has 1 fully saturated rings. The highest BCUT2D eigenvalue weighted by Gasteiger charge is 2.20. The highest BCUT2D eigenvalue weighted by Crippen LogP contribution is 2.28. The predicted octanol–water partition coefficient (Wildman–Crippen LogP) is 3.91. The number of hydrogen-bond donors (Lipinski definition) is 2. The standard InChI is InChI=1S/C19H26N4OS.HI/c1-20-19(21-10-5-11-24-13-15-8-9-15)22-12-18-23-17(14-25-18)16-6-3-2-4-7-16;/h2-4,6-7,14-15H,5,8-13H2,1H3,(H2,20,21,22);1H. The van der Waals surface area contributed by atoms with Gasteiger partial charge in [0.15, 0.2) is 5.96 Å². The van der Waals surface area contributed by atoms with E-state index in [4.69, 9.17) is 4.74 Å². The summed E-state index contributed by atoms with van der Waals surface area (Å²) >= 11 is 1.66. The maximum atomic E-state index is 5.64. The summed E-state index contributed by atoms with van der Waals surface area (Å²) in [4.78, 5) is 8.94. The molecule has 0 atom stereocenters. The monoisotopic (exact) mass is 486 g/mol. The average Bonchev–Trinajstić information content (AvgIpc) is 3.36. The van der Waals surface area contributed by atoms with Gasteiger partial charge in [-0.05, 0) is 25.2 Å². The first-order valence-electron chi connectivity index (χ1n) is 8.87. The molecule has 1 saturated carbocycles. The number of hydrogen-bond acceptors (Lipinski definition) is 4. The molecule has 0 aliphatic heterocycles. The van der Waals surface area contributed by atoms with Gasteiger partial charge in [-0.25, -0.2) is 4.98 Å². The number of benzene rings is 1. The summed E-state index contributed by atoms with van der Waals surface area (Å²) in [5, 5.41) is 9.78. The Hall–Kier alpha value is -1.19. The Balaban J connectivity index is 0.00000243. The van der Waals surface area contributed by atoms with Crippen LogP contribution in [0.3, 0.4) is 0 Å². The number of rotatable bonds is 9. The predicted molar refractivity (Wildman–Crippen MR) is 119 cm³/mol. The first kappa shape index (κ1) is 21.1. The van der Waals surface area contributed by atoms with Gasteiger partial charge < -0.3 is 15.4 Å². The number of ether oxygens (including phenoxy) is 1. The van der Waals surface area contributed by atoms with Crippen LogP contribution in [0.4, 0.5) is 0 Å². The first-order chi connectivity index (χ1) is 12.3. The number of thiazole rings is 1. The Morgan fingerprint density at radius 2 is 2.08 bits per heavy atom. The molecule has 1 heterocycles. The van der Waals surface area contributed by atoms with Gasteiger partial charge in [-0.1, -0.05) is 30.3 Å². The van der Waals surface area contributed by atoms with Crippen LogP contribution in [0.1, 0.15) is 24.3 Å². The van der Waals surface area contributed by atoms with Crippen molar-refractivity contribution < 1.29 is 4.74 Å². The van der Waals surface area contributed by atoms with Crippen molar-refractivity contribution in [2.24, 2.45) is 10.9 Å². The van der Waals surface area contributed by atoms with Gasteiger partial charge in [0.2, 0.25) is 0 Å². The third-order valence-electron chi connectivity index (χ3n) is 4.06. The second-order valence-electron chi connectivity index (χ2n) is 6.22. The van der Waals surface area contributed by atoms with Gasteiger partial charge in [0.1, 0.15) is 5.01 Å². The molecule has 3 rings (SSSR count). The van der Waals surface area contributed by atoms with Crippen molar-refractivity contribution in [3.63, 3.8) is 0 Å². The molecule has 1 aromatic carbocycles. The molecule has 0 spiro atoms. The summed E-state index contributed by atoms with van der Waals surface area (Å²) in [5.74, 6) is 1.64. The zero-order chi connectivity index (χ0) is 17.3. The van der Waals surface area contributed by atoms with Crippen molar-refractivity contribution >= 4 is 41.3 Å². The van der Waals surface area contributed by atoms with Crippen LogP contribution in [0.15, 0.2) is 40.7 Å². The molecule has 142 valence electrons. The highest BCUT2D eigenvalue weighted by atomic mass is 127. The van der Waals surface area contributed by atoms with E-state index in [9.17, 15) is 0 Å². The minimum atomic E-state index is 0. The van der Waals surface area contributed by atoms with Gasteiger partial charge >= 0.3 is 0 Å². The van der Waals surface area contributed by atoms with Gasteiger partial charge in [0.05, 0.1) is 12.2 Å². The Morgan fingerprint density at radius 3 is 2.81 bits per heavy atom. The minimum Gasteiger partial charge on any atom is -0.381 e. The van der Waals surface area contributed by atoms with Crippen molar-refractivity contribution in [1.82, 2.24) is 15.6 Å². The molecule has 1 aliphatic rings. The van der Waals surface area contributed by atoms with Crippen LogP contribution in [0.2, 0.25) is 0 Å². The fourth-order valence-electron chi connectivity index (χ4n) is 2.43. The van der Waals surface area contributed by atoms with Crippen LogP contribution >= 0.6 is 35.3 Å². The summed E-state index contributed by atoms with van der Waals surface area (Å²) in [6.45, 7) is 3.28. The third-order valence-corrected chi connectivity index (χ3v) is 4.91. The molecular weight excluding hydrogens is 459 g/mol. The Labute approximate surface area is 176 Å². The lowest BCUT2D eigenvalue weighted by atomic mass is 10.2. The van der Waals surface area contributed by atoms with Crippen LogP contribution in [0.5, 0.6) is 0 Å². The van der Waals surface area contributed by atoms with Crippen LogP contribution < -0.4 is 10.6 Å². The second-order valence-corrected chi connectivity index (χ2v) is 7.16. The van der Waals surface area contributed by atoms with Crippen molar-refractivity contribution in [2.45, 2.75) is 25.8 Å². The van der Waals surface area contributed by atoms with E-state index in [1.807, 2.05) is 18.2 Å². The van der Waals surface area contributed by atoms with Gasteiger partial charge in [0.25, 0.3) is 0 Å². The molecular formula is C19H27IN4OS.